The zero-order valence-electron chi connectivity index (χ0n) is 13.2. The van der Waals surface area contributed by atoms with Gasteiger partial charge in [0.05, 0.1) is 15.5 Å². The van der Waals surface area contributed by atoms with Crippen molar-refractivity contribution in [3.63, 3.8) is 0 Å². The molecule has 3 rings (SSSR count). The highest BCUT2D eigenvalue weighted by Crippen LogP contribution is 2.28. The Labute approximate surface area is 147 Å². The standard InChI is InChI=1S/C17H17N3O2S2/c1-2-3-10-19-15(16-9-6-11-23-16)12-24-17(19)18-13-7-4-5-8-14(13)20(21)22/h4-9,11-12H,2-3,10H2,1H3. The molecule has 1 aromatic carbocycles. The molecule has 0 fully saturated rings. The van der Waals surface area contributed by atoms with Crippen LogP contribution in [0.3, 0.4) is 0 Å². The Balaban J connectivity index is 2.13. The van der Waals surface area contributed by atoms with E-state index in [1.165, 1.54) is 22.3 Å². The third kappa shape index (κ3) is 3.47. The van der Waals surface area contributed by atoms with Crippen LogP contribution >= 0.6 is 22.7 Å². The van der Waals surface area contributed by atoms with Gasteiger partial charge < -0.3 is 4.57 Å². The molecule has 0 radical (unpaired) electrons. The summed E-state index contributed by atoms with van der Waals surface area (Å²) in [5.41, 5.74) is 1.55. The van der Waals surface area contributed by atoms with Crippen molar-refractivity contribution in [2.75, 3.05) is 0 Å². The fourth-order valence-electron chi connectivity index (χ4n) is 2.39. The third-order valence-electron chi connectivity index (χ3n) is 3.60. The number of aromatic nitrogens is 1. The first-order valence-corrected chi connectivity index (χ1v) is 9.47. The van der Waals surface area contributed by atoms with Crippen molar-refractivity contribution < 1.29 is 4.92 Å². The minimum absolute atomic E-state index is 0.0330. The van der Waals surface area contributed by atoms with Crippen LogP contribution < -0.4 is 4.80 Å². The summed E-state index contributed by atoms with van der Waals surface area (Å²) in [5, 5.41) is 15.3. The molecule has 0 aliphatic rings. The predicted octanol–water partition coefficient (Wildman–Crippen LogP) is 5.22. The molecule has 0 saturated heterocycles. The molecule has 0 spiro atoms. The van der Waals surface area contributed by atoms with E-state index in [1.54, 1.807) is 29.5 Å². The van der Waals surface area contributed by atoms with E-state index in [1.807, 2.05) is 6.07 Å². The number of nitro benzene ring substituents is 1. The van der Waals surface area contributed by atoms with Gasteiger partial charge in [-0.2, -0.15) is 0 Å². The lowest BCUT2D eigenvalue weighted by atomic mass is 10.3. The van der Waals surface area contributed by atoms with Gasteiger partial charge in [-0.25, -0.2) is 4.99 Å². The number of thiazole rings is 1. The summed E-state index contributed by atoms with van der Waals surface area (Å²) in [6.45, 7) is 3.00. The molecule has 0 aliphatic carbocycles. The molecule has 24 heavy (non-hydrogen) atoms. The molecule has 3 aromatic rings. The van der Waals surface area contributed by atoms with Gasteiger partial charge in [0.2, 0.25) is 0 Å². The Morgan fingerprint density at radius 1 is 1.21 bits per heavy atom. The van der Waals surface area contributed by atoms with Crippen LogP contribution in [0.15, 0.2) is 52.2 Å². The van der Waals surface area contributed by atoms with Crippen molar-refractivity contribution in [3.8, 4) is 10.6 Å². The first kappa shape index (κ1) is 16.6. The second-order valence-electron chi connectivity index (χ2n) is 5.24. The van der Waals surface area contributed by atoms with Crippen LogP contribution in [0.2, 0.25) is 0 Å². The number of thiophene rings is 1. The van der Waals surface area contributed by atoms with Gasteiger partial charge in [0.1, 0.15) is 5.69 Å². The summed E-state index contributed by atoms with van der Waals surface area (Å²) < 4.78 is 2.16. The number of hydrogen-bond acceptors (Lipinski definition) is 5. The number of nitro groups is 1. The lowest BCUT2D eigenvalue weighted by Crippen LogP contribution is -2.15. The molecule has 0 N–H and O–H groups in total. The minimum Gasteiger partial charge on any atom is -0.316 e. The van der Waals surface area contributed by atoms with Gasteiger partial charge in [0, 0.05) is 18.0 Å². The van der Waals surface area contributed by atoms with E-state index in [4.69, 9.17) is 0 Å². The van der Waals surface area contributed by atoms with Crippen LogP contribution in [0.5, 0.6) is 0 Å². The molecule has 0 saturated carbocycles. The number of benzene rings is 1. The summed E-state index contributed by atoms with van der Waals surface area (Å²) in [6, 6.07) is 10.7. The molecule has 7 heteroatoms. The molecule has 0 bridgehead atoms. The molecular weight excluding hydrogens is 342 g/mol. The fraction of sp³-hybridized carbons (Fsp3) is 0.235. The van der Waals surface area contributed by atoms with Crippen LogP contribution in [0.1, 0.15) is 19.8 Å². The van der Waals surface area contributed by atoms with E-state index >= 15 is 0 Å². The molecule has 2 aromatic heterocycles. The van der Waals surface area contributed by atoms with Gasteiger partial charge in [0.15, 0.2) is 4.80 Å². The molecule has 0 aliphatic heterocycles. The Hall–Kier alpha value is -2.25. The van der Waals surface area contributed by atoms with Gasteiger partial charge in [-0.15, -0.1) is 22.7 Å². The molecule has 0 atom stereocenters. The SMILES string of the molecule is CCCCn1c(-c2cccs2)csc1=Nc1ccccc1[N+](=O)[O-]. The lowest BCUT2D eigenvalue weighted by Gasteiger charge is -2.06. The molecule has 124 valence electrons. The van der Waals surface area contributed by atoms with Crippen molar-refractivity contribution in [2.45, 2.75) is 26.3 Å². The first-order valence-electron chi connectivity index (χ1n) is 7.71. The summed E-state index contributed by atoms with van der Waals surface area (Å²) in [4.78, 5) is 17.4. The van der Waals surface area contributed by atoms with E-state index in [9.17, 15) is 10.1 Å². The summed E-state index contributed by atoms with van der Waals surface area (Å²) in [7, 11) is 0. The topological polar surface area (TPSA) is 60.4 Å². The highest BCUT2D eigenvalue weighted by molar-refractivity contribution is 7.14. The summed E-state index contributed by atoms with van der Waals surface area (Å²) in [5.74, 6) is 0. The average Bonchev–Trinajstić information content (AvgIpc) is 3.23. The van der Waals surface area contributed by atoms with Gasteiger partial charge in [0.25, 0.3) is 5.69 Å². The van der Waals surface area contributed by atoms with E-state index in [2.05, 4.69) is 33.3 Å². The molecular formula is C17H17N3O2S2. The highest BCUT2D eigenvalue weighted by atomic mass is 32.1. The zero-order valence-corrected chi connectivity index (χ0v) is 14.8. The van der Waals surface area contributed by atoms with Crippen LogP contribution in [0, 0.1) is 10.1 Å². The number of rotatable bonds is 6. The van der Waals surface area contributed by atoms with E-state index in [0.717, 1.165) is 29.9 Å². The fourth-order valence-corrected chi connectivity index (χ4v) is 4.15. The molecule has 0 amide bonds. The van der Waals surface area contributed by atoms with Crippen molar-refractivity contribution in [2.24, 2.45) is 4.99 Å². The number of hydrogen-bond donors (Lipinski definition) is 0. The average molecular weight is 359 g/mol. The van der Waals surface area contributed by atoms with Crippen LogP contribution in [0.4, 0.5) is 11.4 Å². The maximum atomic E-state index is 11.2. The largest absolute Gasteiger partial charge is 0.316 e. The van der Waals surface area contributed by atoms with Gasteiger partial charge in [-0.3, -0.25) is 10.1 Å². The lowest BCUT2D eigenvalue weighted by molar-refractivity contribution is -0.384. The normalized spacial score (nSPS) is 11.8. The molecule has 5 nitrogen and oxygen atoms in total. The second-order valence-corrected chi connectivity index (χ2v) is 7.03. The highest BCUT2D eigenvalue weighted by Gasteiger charge is 2.13. The van der Waals surface area contributed by atoms with Crippen molar-refractivity contribution in [3.05, 3.63) is 62.1 Å². The second kappa shape index (κ2) is 7.55. The zero-order chi connectivity index (χ0) is 16.9. The predicted molar refractivity (Wildman–Crippen MR) is 98.8 cm³/mol. The first-order chi connectivity index (χ1) is 11.7. The van der Waals surface area contributed by atoms with E-state index < -0.39 is 0 Å². The van der Waals surface area contributed by atoms with Gasteiger partial charge in [-0.1, -0.05) is 31.5 Å². The number of para-hydroxylation sites is 2. The van der Waals surface area contributed by atoms with Gasteiger partial charge >= 0.3 is 0 Å². The molecule has 2 heterocycles. The maximum Gasteiger partial charge on any atom is 0.294 e. The summed E-state index contributed by atoms with van der Waals surface area (Å²) in [6.07, 6.45) is 2.12. The van der Waals surface area contributed by atoms with Crippen molar-refractivity contribution in [1.29, 1.82) is 0 Å². The van der Waals surface area contributed by atoms with Gasteiger partial charge in [-0.05, 0) is 23.9 Å². The van der Waals surface area contributed by atoms with Crippen molar-refractivity contribution >= 4 is 34.0 Å². The Bertz CT molecular complexity index is 895. The maximum absolute atomic E-state index is 11.2. The van der Waals surface area contributed by atoms with Crippen LogP contribution in [-0.4, -0.2) is 9.49 Å². The Morgan fingerprint density at radius 2 is 2.04 bits per heavy atom. The van der Waals surface area contributed by atoms with Crippen LogP contribution in [-0.2, 0) is 6.54 Å². The quantitative estimate of drug-likeness (QED) is 0.447. The summed E-state index contributed by atoms with van der Waals surface area (Å²) >= 11 is 3.21. The van der Waals surface area contributed by atoms with Crippen molar-refractivity contribution in [1.82, 2.24) is 4.57 Å². The van der Waals surface area contributed by atoms with E-state index in [0.29, 0.717) is 5.69 Å². The van der Waals surface area contributed by atoms with E-state index in [-0.39, 0.29) is 10.6 Å². The molecule has 0 unspecified atom stereocenters. The minimum atomic E-state index is -0.386. The number of nitrogens with zero attached hydrogens (tertiary/aromatic N) is 3. The Morgan fingerprint density at radius 3 is 2.75 bits per heavy atom. The van der Waals surface area contributed by atoms with Crippen LogP contribution in [0.25, 0.3) is 10.6 Å². The third-order valence-corrected chi connectivity index (χ3v) is 5.36. The monoisotopic (exact) mass is 359 g/mol. The Kier molecular flexibility index (Phi) is 5.22. The smallest absolute Gasteiger partial charge is 0.294 e. The number of unbranched alkanes of at least 4 members (excludes halogenated alkanes) is 1.